The highest BCUT2D eigenvalue weighted by molar-refractivity contribution is 9.10. The van der Waals surface area contributed by atoms with E-state index >= 15 is 0 Å². The monoisotopic (exact) mass is 340 g/mol. The smallest absolute Gasteiger partial charge is 0.271 e. The summed E-state index contributed by atoms with van der Waals surface area (Å²) in [6.45, 7) is 0.566. The first kappa shape index (κ1) is 13.8. The molecule has 19 heavy (non-hydrogen) atoms. The second-order valence-electron chi connectivity index (χ2n) is 3.90. The number of hydrogen-bond acceptors (Lipinski definition) is 3. The lowest BCUT2D eigenvalue weighted by Gasteiger charge is -2.08. The predicted molar refractivity (Wildman–Crippen MR) is 79.6 cm³/mol. The second kappa shape index (κ2) is 6.04. The zero-order chi connectivity index (χ0) is 13.8. The number of nitrogens with one attached hydrogen (secondary N) is 1. The lowest BCUT2D eigenvalue weighted by atomic mass is 10.2. The highest BCUT2D eigenvalue weighted by Gasteiger charge is 2.09. The zero-order valence-electron chi connectivity index (χ0n) is 9.77. The molecule has 6 heteroatoms. The summed E-state index contributed by atoms with van der Waals surface area (Å²) >= 11 is 9.17. The Bertz CT molecular complexity index is 602. The van der Waals surface area contributed by atoms with Crippen LogP contribution in [0, 0.1) is 10.1 Å². The number of non-ortho nitro benzene ring substituents is 1. The average molecular weight is 342 g/mol. The van der Waals surface area contributed by atoms with Crippen molar-refractivity contribution in [1.29, 1.82) is 0 Å². The summed E-state index contributed by atoms with van der Waals surface area (Å²) in [6.07, 6.45) is 0. The standard InChI is InChI=1S/C13H10BrClN2O2/c14-12-6-5-11(17(18)19)7-13(12)16-8-9-1-3-10(15)4-2-9/h1-7,16H,8H2. The SMILES string of the molecule is O=[N+]([O-])c1ccc(Br)c(NCc2ccc(Cl)cc2)c1. The highest BCUT2D eigenvalue weighted by Crippen LogP contribution is 2.27. The topological polar surface area (TPSA) is 55.2 Å². The summed E-state index contributed by atoms with van der Waals surface area (Å²) in [4.78, 5) is 10.3. The molecule has 4 nitrogen and oxygen atoms in total. The molecule has 0 unspecified atom stereocenters. The molecule has 0 heterocycles. The number of anilines is 1. The summed E-state index contributed by atoms with van der Waals surface area (Å²) in [7, 11) is 0. The molecule has 0 fully saturated rings. The quantitative estimate of drug-likeness (QED) is 0.652. The Morgan fingerprint density at radius 2 is 1.89 bits per heavy atom. The Hall–Kier alpha value is -1.59. The lowest BCUT2D eigenvalue weighted by Crippen LogP contribution is -2.00. The number of benzene rings is 2. The Kier molecular flexibility index (Phi) is 4.39. The molecule has 0 saturated heterocycles. The van der Waals surface area contributed by atoms with Crippen molar-refractivity contribution in [3.05, 3.63) is 67.6 Å². The summed E-state index contributed by atoms with van der Waals surface area (Å²) in [5.74, 6) is 0. The number of rotatable bonds is 4. The first-order chi connectivity index (χ1) is 9.06. The van der Waals surface area contributed by atoms with Crippen LogP contribution in [0.5, 0.6) is 0 Å². The van der Waals surface area contributed by atoms with E-state index in [2.05, 4.69) is 21.2 Å². The van der Waals surface area contributed by atoms with Gasteiger partial charge < -0.3 is 5.32 Å². The fourth-order valence-corrected chi connectivity index (χ4v) is 2.07. The minimum Gasteiger partial charge on any atom is -0.380 e. The summed E-state index contributed by atoms with van der Waals surface area (Å²) in [6, 6.07) is 12.0. The molecule has 98 valence electrons. The summed E-state index contributed by atoms with van der Waals surface area (Å²) in [5, 5.41) is 14.6. The molecule has 1 N–H and O–H groups in total. The fraction of sp³-hybridized carbons (Fsp3) is 0.0769. The first-order valence-electron chi connectivity index (χ1n) is 5.48. The molecule has 0 bridgehead atoms. The minimum absolute atomic E-state index is 0.0572. The Morgan fingerprint density at radius 1 is 1.21 bits per heavy atom. The van der Waals surface area contributed by atoms with E-state index in [9.17, 15) is 10.1 Å². The van der Waals surface area contributed by atoms with E-state index < -0.39 is 4.92 Å². The van der Waals surface area contributed by atoms with Crippen LogP contribution >= 0.6 is 27.5 Å². The summed E-state index contributed by atoms with van der Waals surface area (Å²) in [5.41, 5.74) is 1.79. The van der Waals surface area contributed by atoms with Crippen LogP contribution in [0.3, 0.4) is 0 Å². The lowest BCUT2D eigenvalue weighted by molar-refractivity contribution is -0.384. The molecule has 0 spiro atoms. The van der Waals surface area contributed by atoms with Crippen molar-refractivity contribution in [3.8, 4) is 0 Å². The molecule has 0 saturated carbocycles. The molecule has 0 aliphatic carbocycles. The van der Waals surface area contributed by atoms with Crippen LogP contribution in [-0.2, 0) is 6.54 Å². The molecule has 0 radical (unpaired) electrons. The van der Waals surface area contributed by atoms with Gasteiger partial charge in [0.2, 0.25) is 0 Å². The third kappa shape index (κ3) is 3.68. The van der Waals surface area contributed by atoms with Crippen LogP contribution < -0.4 is 5.32 Å². The molecular weight excluding hydrogens is 332 g/mol. The number of nitro benzene ring substituents is 1. The van der Waals surface area contributed by atoms with E-state index in [-0.39, 0.29) is 5.69 Å². The van der Waals surface area contributed by atoms with Gasteiger partial charge in [0.05, 0.1) is 10.6 Å². The van der Waals surface area contributed by atoms with Gasteiger partial charge in [-0.3, -0.25) is 10.1 Å². The van der Waals surface area contributed by atoms with E-state index in [0.29, 0.717) is 17.3 Å². The third-order valence-corrected chi connectivity index (χ3v) is 3.50. The van der Waals surface area contributed by atoms with Crippen molar-refractivity contribution < 1.29 is 4.92 Å². The van der Waals surface area contributed by atoms with E-state index in [0.717, 1.165) is 10.0 Å². The van der Waals surface area contributed by atoms with Gasteiger partial charge in [0, 0.05) is 28.2 Å². The number of halogens is 2. The molecule has 0 aromatic heterocycles. The molecule has 0 atom stereocenters. The van der Waals surface area contributed by atoms with Crippen LogP contribution in [0.1, 0.15) is 5.56 Å². The van der Waals surface area contributed by atoms with Gasteiger partial charge in [-0.25, -0.2) is 0 Å². The van der Waals surface area contributed by atoms with Gasteiger partial charge in [-0.1, -0.05) is 23.7 Å². The maximum Gasteiger partial charge on any atom is 0.271 e. The zero-order valence-corrected chi connectivity index (χ0v) is 12.1. The van der Waals surface area contributed by atoms with E-state index in [1.807, 2.05) is 12.1 Å². The van der Waals surface area contributed by atoms with Gasteiger partial charge in [0.1, 0.15) is 0 Å². The van der Waals surface area contributed by atoms with Gasteiger partial charge in [0.15, 0.2) is 0 Å². The number of nitrogens with zero attached hydrogens (tertiary/aromatic N) is 1. The van der Waals surface area contributed by atoms with Gasteiger partial charge in [-0.15, -0.1) is 0 Å². The van der Waals surface area contributed by atoms with Gasteiger partial charge >= 0.3 is 0 Å². The molecule has 0 aliphatic rings. The van der Waals surface area contributed by atoms with Crippen LogP contribution in [0.2, 0.25) is 5.02 Å². The number of nitro groups is 1. The normalized spacial score (nSPS) is 10.2. The second-order valence-corrected chi connectivity index (χ2v) is 5.19. The van der Waals surface area contributed by atoms with Crippen molar-refractivity contribution in [2.75, 3.05) is 5.32 Å². The molecule has 0 aliphatic heterocycles. The van der Waals surface area contributed by atoms with Crippen LogP contribution in [0.4, 0.5) is 11.4 Å². The van der Waals surface area contributed by atoms with Crippen molar-refractivity contribution in [3.63, 3.8) is 0 Å². The van der Waals surface area contributed by atoms with E-state index in [4.69, 9.17) is 11.6 Å². The molecule has 2 aromatic carbocycles. The van der Waals surface area contributed by atoms with Crippen molar-refractivity contribution in [2.24, 2.45) is 0 Å². The van der Waals surface area contributed by atoms with Gasteiger partial charge in [-0.2, -0.15) is 0 Å². The van der Waals surface area contributed by atoms with Crippen molar-refractivity contribution >= 4 is 38.9 Å². The largest absolute Gasteiger partial charge is 0.380 e. The average Bonchev–Trinajstić information content (AvgIpc) is 2.39. The number of hydrogen-bond donors (Lipinski definition) is 1. The third-order valence-electron chi connectivity index (χ3n) is 2.56. The van der Waals surface area contributed by atoms with Crippen LogP contribution in [0.25, 0.3) is 0 Å². The minimum atomic E-state index is -0.417. The Labute approximate surface area is 123 Å². The Morgan fingerprint density at radius 3 is 2.53 bits per heavy atom. The van der Waals surface area contributed by atoms with E-state index in [1.54, 1.807) is 18.2 Å². The predicted octanol–water partition coefficient (Wildman–Crippen LogP) is 4.62. The van der Waals surface area contributed by atoms with E-state index in [1.165, 1.54) is 12.1 Å². The van der Waals surface area contributed by atoms with Gasteiger partial charge in [0.25, 0.3) is 5.69 Å². The Balaban J connectivity index is 2.12. The van der Waals surface area contributed by atoms with Crippen molar-refractivity contribution in [1.82, 2.24) is 0 Å². The molecule has 2 aromatic rings. The molecular formula is C13H10BrClN2O2. The van der Waals surface area contributed by atoms with Crippen LogP contribution in [0.15, 0.2) is 46.9 Å². The maximum absolute atomic E-state index is 10.7. The molecule has 2 rings (SSSR count). The maximum atomic E-state index is 10.7. The first-order valence-corrected chi connectivity index (χ1v) is 6.65. The molecule has 0 amide bonds. The fourth-order valence-electron chi connectivity index (χ4n) is 1.56. The van der Waals surface area contributed by atoms with Gasteiger partial charge in [-0.05, 0) is 39.7 Å². The summed E-state index contributed by atoms with van der Waals surface area (Å²) < 4.78 is 0.784. The van der Waals surface area contributed by atoms with Crippen molar-refractivity contribution in [2.45, 2.75) is 6.54 Å². The van der Waals surface area contributed by atoms with Crippen LogP contribution in [-0.4, -0.2) is 4.92 Å². The highest BCUT2D eigenvalue weighted by atomic mass is 79.9.